The maximum Gasteiger partial charge on any atom is 0.128 e. The number of phenols is 2. The van der Waals surface area contributed by atoms with E-state index in [2.05, 4.69) is 41.5 Å². The second-order valence-corrected chi connectivity index (χ2v) is 11.0. The number of rotatable bonds is 4. The van der Waals surface area contributed by atoms with E-state index in [1.807, 2.05) is 36.4 Å². The van der Waals surface area contributed by atoms with Crippen LogP contribution >= 0.6 is 0 Å². The van der Waals surface area contributed by atoms with Crippen molar-refractivity contribution in [2.24, 2.45) is 9.98 Å². The van der Waals surface area contributed by atoms with E-state index in [-0.39, 0.29) is 40.3 Å². The zero-order chi connectivity index (χ0) is 23.5. The van der Waals surface area contributed by atoms with Gasteiger partial charge in [-0.2, -0.15) is 0 Å². The molecular formula is C28H38CrN2O2. The molecule has 3 rings (SSSR count). The molecule has 5 heteroatoms. The van der Waals surface area contributed by atoms with Crippen molar-refractivity contribution in [3.8, 4) is 11.5 Å². The third kappa shape index (κ3) is 6.71. The van der Waals surface area contributed by atoms with Gasteiger partial charge in [0.2, 0.25) is 0 Å². The standard InChI is InChI=1S/C28H38N2O2.Cr/c1-27(2,3)21-13-9-11-19(25(21)31)17-29-23-15-7-8-16-24(23)30-18-20-12-10-14-22(26(20)32)28(4,5)6;/h9-14,17-18,23-24,31-32H,7-8,15-16H2,1-6H3;/t23-,24-;/m0./s1. The Kier molecular flexibility index (Phi) is 8.96. The number of benzene rings is 2. The van der Waals surface area contributed by atoms with Gasteiger partial charge in [-0.05, 0) is 46.9 Å². The van der Waals surface area contributed by atoms with E-state index in [1.54, 1.807) is 12.4 Å². The summed E-state index contributed by atoms with van der Waals surface area (Å²) in [5.41, 5.74) is 3.09. The van der Waals surface area contributed by atoms with Crippen LogP contribution < -0.4 is 0 Å². The summed E-state index contributed by atoms with van der Waals surface area (Å²) in [7, 11) is 0. The number of aromatic hydroxyl groups is 2. The third-order valence-electron chi connectivity index (χ3n) is 6.25. The smallest absolute Gasteiger partial charge is 0.128 e. The predicted octanol–water partition coefficient (Wildman–Crippen LogP) is 6.54. The third-order valence-corrected chi connectivity index (χ3v) is 6.25. The Hall–Kier alpha value is -2.09. The Morgan fingerprint density at radius 3 is 1.39 bits per heavy atom. The molecule has 0 radical (unpaired) electrons. The summed E-state index contributed by atoms with van der Waals surface area (Å²) in [6.07, 6.45) is 7.83. The summed E-state index contributed by atoms with van der Waals surface area (Å²) < 4.78 is 0. The van der Waals surface area contributed by atoms with Gasteiger partial charge in [0.1, 0.15) is 11.5 Å². The second-order valence-electron chi connectivity index (χ2n) is 11.0. The minimum atomic E-state index is -0.130. The first-order chi connectivity index (χ1) is 15.0. The predicted molar refractivity (Wildman–Crippen MR) is 135 cm³/mol. The summed E-state index contributed by atoms with van der Waals surface area (Å²) >= 11 is 0. The largest absolute Gasteiger partial charge is 0.507 e. The van der Waals surface area contributed by atoms with E-state index in [0.29, 0.717) is 11.5 Å². The van der Waals surface area contributed by atoms with Crippen LogP contribution in [0.4, 0.5) is 0 Å². The number of hydrogen-bond donors (Lipinski definition) is 2. The molecule has 1 aliphatic rings. The van der Waals surface area contributed by atoms with Crippen LogP contribution in [-0.2, 0) is 28.2 Å². The van der Waals surface area contributed by atoms with Crippen molar-refractivity contribution in [3.63, 3.8) is 0 Å². The Morgan fingerprint density at radius 2 is 1.06 bits per heavy atom. The quantitative estimate of drug-likeness (QED) is 0.482. The minimum absolute atomic E-state index is 0. The van der Waals surface area contributed by atoms with Gasteiger partial charge >= 0.3 is 0 Å². The molecule has 0 aliphatic heterocycles. The molecule has 2 aromatic carbocycles. The molecule has 178 valence electrons. The van der Waals surface area contributed by atoms with Crippen molar-refractivity contribution in [2.75, 3.05) is 0 Å². The van der Waals surface area contributed by atoms with Gasteiger partial charge in [0, 0.05) is 40.9 Å². The van der Waals surface area contributed by atoms with Crippen LogP contribution in [-0.4, -0.2) is 34.7 Å². The molecule has 0 heterocycles. The van der Waals surface area contributed by atoms with E-state index >= 15 is 0 Å². The molecule has 1 aliphatic carbocycles. The van der Waals surface area contributed by atoms with Gasteiger partial charge in [0.15, 0.2) is 0 Å². The molecule has 0 saturated heterocycles. The van der Waals surface area contributed by atoms with Crippen LogP contribution in [0.25, 0.3) is 0 Å². The molecule has 0 bridgehead atoms. The van der Waals surface area contributed by atoms with Crippen LogP contribution in [0, 0.1) is 0 Å². The van der Waals surface area contributed by atoms with Crippen LogP contribution in [0.3, 0.4) is 0 Å². The first-order valence-electron chi connectivity index (χ1n) is 11.7. The Balaban J connectivity index is 0.00000385. The van der Waals surface area contributed by atoms with Gasteiger partial charge in [-0.1, -0.05) is 78.6 Å². The Labute approximate surface area is 210 Å². The van der Waals surface area contributed by atoms with E-state index in [9.17, 15) is 10.2 Å². The molecule has 1 fully saturated rings. The molecule has 0 aromatic heterocycles. The fraction of sp³-hybridized carbons (Fsp3) is 0.500. The van der Waals surface area contributed by atoms with E-state index < -0.39 is 0 Å². The molecule has 4 nitrogen and oxygen atoms in total. The van der Waals surface area contributed by atoms with Crippen molar-refractivity contribution in [2.45, 2.75) is 90.1 Å². The van der Waals surface area contributed by atoms with Gasteiger partial charge < -0.3 is 10.2 Å². The average Bonchev–Trinajstić information content (AvgIpc) is 2.71. The molecule has 2 atom stereocenters. The summed E-state index contributed by atoms with van der Waals surface area (Å²) in [5, 5.41) is 21.5. The SMILES string of the molecule is CC(C)(C)c1cccc(C=N[C@H]2CCCC[C@@H]2N=Cc2cccc(C(C)(C)C)c2O)c1O.[Cr]. The number of aliphatic imine (C=N–C) groups is 2. The Bertz CT molecular complexity index is 918. The zero-order valence-electron chi connectivity index (χ0n) is 20.8. The molecule has 0 spiro atoms. The van der Waals surface area contributed by atoms with Gasteiger partial charge in [-0.3, -0.25) is 9.98 Å². The minimum Gasteiger partial charge on any atom is -0.507 e. The first kappa shape index (κ1) is 27.2. The summed E-state index contributed by atoms with van der Waals surface area (Å²) in [4.78, 5) is 9.70. The fourth-order valence-electron chi connectivity index (χ4n) is 4.33. The number of phenolic OH excluding ortho intramolecular Hbond substituents is 2. The molecule has 1 saturated carbocycles. The van der Waals surface area contributed by atoms with Gasteiger partial charge in [-0.15, -0.1) is 0 Å². The molecule has 0 amide bonds. The van der Waals surface area contributed by atoms with Crippen molar-refractivity contribution in [1.82, 2.24) is 0 Å². The van der Waals surface area contributed by atoms with E-state index in [0.717, 1.165) is 47.9 Å². The zero-order valence-corrected chi connectivity index (χ0v) is 22.1. The van der Waals surface area contributed by atoms with Gasteiger partial charge in [0.25, 0.3) is 0 Å². The van der Waals surface area contributed by atoms with Crippen molar-refractivity contribution in [3.05, 3.63) is 58.7 Å². The van der Waals surface area contributed by atoms with Crippen LogP contribution in [0.15, 0.2) is 46.4 Å². The number of hydrogen-bond acceptors (Lipinski definition) is 4. The van der Waals surface area contributed by atoms with Crippen molar-refractivity contribution < 1.29 is 27.6 Å². The maximum absolute atomic E-state index is 10.7. The molecule has 2 aromatic rings. The number of nitrogens with zero attached hydrogens (tertiary/aromatic N) is 2. The second kappa shape index (κ2) is 10.9. The first-order valence-corrected chi connectivity index (χ1v) is 11.7. The summed E-state index contributed by atoms with van der Waals surface area (Å²) in [6, 6.07) is 11.9. The normalized spacial score (nSPS) is 19.7. The van der Waals surface area contributed by atoms with E-state index in [1.165, 1.54) is 0 Å². The van der Waals surface area contributed by atoms with Crippen LogP contribution in [0.1, 0.15) is 89.5 Å². The van der Waals surface area contributed by atoms with Crippen molar-refractivity contribution >= 4 is 12.4 Å². The number of para-hydroxylation sites is 2. The Morgan fingerprint density at radius 1 is 0.697 bits per heavy atom. The van der Waals surface area contributed by atoms with Crippen LogP contribution in [0.5, 0.6) is 11.5 Å². The van der Waals surface area contributed by atoms with Crippen molar-refractivity contribution in [1.29, 1.82) is 0 Å². The molecule has 33 heavy (non-hydrogen) atoms. The average molecular weight is 487 g/mol. The van der Waals surface area contributed by atoms with Gasteiger partial charge in [-0.25, -0.2) is 0 Å². The molecular weight excluding hydrogens is 448 g/mol. The van der Waals surface area contributed by atoms with Gasteiger partial charge in [0.05, 0.1) is 12.1 Å². The summed E-state index contributed by atoms with van der Waals surface area (Å²) in [5.74, 6) is 0.618. The fourth-order valence-corrected chi connectivity index (χ4v) is 4.33. The maximum atomic E-state index is 10.7. The van der Waals surface area contributed by atoms with E-state index in [4.69, 9.17) is 9.98 Å². The summed E-state index contributed by atoms with van der Waals surface area (Å²) in [6.45, 7) is 12.6. The van der Waals surface area contributed by atoms with Crippen LogP contribution in [0.2, 0.25) is 0 Å². The topological polar surface area (TPSA) is 65.2 Å². The molecule has 2 N–H and O–H groups in total. The molecule has 0 unspecified atom stereocenters. The monoisotopic (exact) mass is 486 g/mol.